The molecule has 0 bridgehead atoms. The first-order chi connectivity index (χ1) is 9.92. The molecular formula is C18H24N2O. The van der Waals surface area contributed by atoms with Crippen molar-refractivity contribution < 1.29 is 4.74 Å². The minimum atomic E-state index is 0.346. The lowest BCUT2D eigenvalue weighted by molar-refractivity contribution is 0.451. The van der Waals surface area contributed by atoms with E-state index < -0.39 is 0 Å². The van der Waals surface area contributed by atoms with Crippen molar-refractivity contribution >= 4 is 0 Å². The van der Waals surface area contributed by atoms with Crippen molar-refractivity contribution in [2.75, 3.05) is 0 Å². The Hall–Kier alpha value is -1.87. The smallest absolute Gasteiger partial charge is 0.219 e. The third-order valence-corrected chi connectivity index (χ3v) is 3.79. The highest BCUT2D eigenvalue weighted by atomic mass is 16.5. The van der Waals surface area contributed by atoms with Crippen molar-refractivity contribution in [2.45, 2.75) is 47.1 Å². The molecule has 0 aliphatic carbocycles. The highest BCUT2D eigenvalue weighted by Gasteiger charge is 2.11. The molecule has 2 aromatic rings. The summed E-state index contributed by atoms with van der Waals surface area (Å²) in [5, 5.41) is 0. The Morgan fingerprint density at radius 3 is 2.38 bits per heavy atom. The fraction of sp³-hybridized carbons (Fsp3) is 0.389. The molecule has 1 aromatic heterocycles. The normalized spacial score (nSPS) is 11.0. The highest BCUT2D eigenvalue weighted by molar-refractivity contribution is 5.46. The van der Waals surface area contributed by atoms with E-state index in [2.05, 4.69) is 51.7 Å². The van der Waals surface area contributed by atoms with Crippen LogP contribution in [0.5, 0.6) is 11.6 Å². The standard InChI is InChI=1S/C18H24N2O/c1-11(2)16-8-15(10-19)9-17(20-16)21-18-13(4)7-6-12(3)14(18)5/h6-9,11H,10,19H2,1-5H3. The summed E-state index contributed by atoms with van der Waals surface area (Å²) < 4.78 is 6.09. The van der Waals surface area contributed by atoms with E-state index in [1.807, 2.05) is 12.1 Å². The van der Waals surface area contributed by atoms with Crippen LogP contribution in [0.25, 0.3) is 0 Å². The second-order valence-corrected chi connectivity index (χ2v) is 5.85. The largest absolute Gasteiger partial charge is 0.438 e. The van der Waals surface area contributed by atoms with Crippen LogP contribution in [0.1, 0.15) is 47.7 Å². The molecule has 1 aromatic carbocycles. The van der Waals surface area contributed by atoms with Gasteiger partial charge < -0.3 is 10.5 Å². The molecule has 0 atom stereocenters. The maximum absolute atomic E-state index is 6.09. The third-order valence-electron chi connectivity index (χ3n) is 3.79. The lowest BCUT2D eigenvalue weighted by atomic mass is 10.1. The molecule has 0 radical (unpaired) electrons. The number of hydrogen-bond acceptors (Lipinski definition) is 3. The molecule has 0 aliphatic heterocycles. The van der Waals surface area contributed by atoms with Crippen LogP contribution < -0.4 is 10.5 Å². The number of benzene rings is 1. The van der Waals surface area contributed by atoms with Crippen molar-refractivity contribution in [1.29, 1.82) is 0 Å². The first kappa shape index (κ1) is 15.5. The quantitative estimate of drug-likeness (QED) is 0.906. The Balaban J connectivity index is 2.44. The van der Waals surface area contributed by atoms with E-state index in [1.54, 1.807) is 0 Å². The van der Waals surface area contributed by atoms with Crippen LogP contribution in [-0.4, -0.2) is 4.98 Å². The van der Waals surface area contributed by atoms with E-state index in [9.17, 15) is 0 Å². The molecule has 0 saturated heterocycles. The fourth-order valence-corrected chi connectivity index (χ4v) is 2.24. The van der Waals surface area contributed by atoms with Crippen LogP contribution in [0.3, 0.4) is 0 Å². The predicted octanol–water partition coefficient (Wildman–Crippen LogP) is 4.38. The zero-order chi connectivity index (χ0) is 15.6. The van der Waals surface area contributed by atoms with E-state index in [0.29, 0.717) is 18.3 Å². The zero-order valence-electron chi connectivity index (χ0n) is 13.5. The lowest BCUT2D eigenvalue weighted by Gasteiger charge is -2.15. The lowest BCUT2D eigenvalue weighted by Crippen LogP contribution is -2.03. The fourth-order valence-electron chi connectivity index (χ4n) is 2.24. The van der Waals surface area contributed by atoms with E-state index in [-0.39, 0.29) is 0 Å². The number of ether oxygens (including phenoxy) is 1. The summed E-state index contributed by atoms with van der Waals surface area (Å²) in [5.74, 6) is 1.86. The van der Waals surface area contributed by atoms with Crippen LogP contribution in [-0.2, 0) is 6.54 Å². The van der Waals surface area contributed by atoms with Gasteiger partial charge >= 0.3 is 0 Å². The minimum absolute atomic E-state index is 0.346. The molecule has 1 heterocycles. The summed E-state index contributed by atoms with van der Waals surface area (Å²) in [6.07, 6.45) is 0. The van der Waals surface area contributed by atoms with Crippen LogP contribution in [0.4, 0.5) is 0 Å². The van der Waals surface area contributed by atoms with Gasteiger partial charge in [0.2, 0.25) is 5.88 Å². The molecule has 0 spiro atoms. The van der Waals surface area contributed by atoms with Crippen molar-refractivity contribution in [1.82, 2.24) is 4.98 Å². The molecule has 2 N–H and O–H groups in total. The first-order valence-electron chi connectivity index (χ1n) is 7.38. The van der Waals surface area contributed by atoms with Gasteiger partial charge in [0, 0.05) is 18.3 Å². The number of aromatic nitrogens is 1. The Morgan fingerprint density at radius 1 is 1.10 bits per heavy atom. The van der Waals surface area contributed by atoms with Gasteiger partial charge in [-0.3, -0.25) is 0 Å². The van der Waals surface area contributed by atoms with Crippen LogP contribution in [0, 0.1) is 20.8 Å². The molecule has 0 saturated carbocycles. The van der Waals surface area contributed by atoms with Gasteiger partial charge in [-0.25, -0.2) is 4.98 Å². The molecule has 0 aliphatic rings. The number of pyridine rings is 1. The van der Waals surface area contributed by atoms with Crippen molar-refractivity contribution in [3.63, 3.8) is 0 Å². The summed E-state index contributed by atoms with van der Waals surface area (Å²) in [6, 6.07) is 8.16. The van der Waals surface area contributed by atoms with Gasteiger partial charge in [0.15, 0.2) is 0 Å². The summed E-state index contributed by atoms with van der Waals surface area (Å²) in [5.41, 5.74) is 11.3. The third kappa shape index (κ3) is 3.42. The summed E-state index contributed by atoms with van der Waals surface area (Å²) >= 11 is 0. The van der Waals surface area contributed by atoms with Crippen molar-refractivity contribution in [3.8, 4) is 11.6 Å². The van der Waals surface area contributed by atoms with E-state index in [0.717, 1.165) is 28.1 Å². The average Bonchev–Trinajstić information content (AvgIpc) is 2.47. The molecule has 112 valence electrons. The van der Waals surface area contributed by atoms with Crippen LogP contribution in [0.15, 0.2) is 24.3 Å². The van der Waals surface area contributed by atoms with Gasteiger partial charge in [0.25, 0.3) is 0 Å². The Kier molecular flexibility index (Phi) is 4.63. The summed E-state index contributed by atoms with van der Waals surface area (Å²) in [6.45, 7) is 11.0. The number of nitrogens with zero attached hydrogens (tertiary/aromatic N) is 1. The first-order valence-corrected chi connectivity index (χ1v) is 7.38. The predicted molar refractivity (Wildman–Crippen MR) is 86.9 cm³/mol. The maximum atomic E-state index is 6.09. The summed E-state index contributed by atoms with van der Waals surface area (Å²) in [7, 11) is 0. The zero-order valence-corrected chi connectivity index (χ0v) is 13.5. The molecule has 0 amide bonds. The van der Waals surface area contributed by atoms with Gasteiger partial charge in [-0.2, -0.15) is 0 Å². The van der Waals surface area contributed by atoms with Crippen molar-refractivity contribution in [3.05, 3.63) is 52.2 Å². The monoisotopic (exact) mass is 284 g/mol. The van der Waals surface area contributed by atoms with Crippen LogP contribution in [0.2, 0.25) is 0 Å². The van der Waals surface area contributed by atoms with Gasteiger partial charge in [-0.05, 0) is 55.0 Å². The maximum Gasteiger partial charge on any atom is 0.219 e. The summed E-state index contributed by atoms with van der Waals surface area (Å²) in [4.78, 5) is 4.61. The number of rotatable bonds is 4. The molecule has 3 nitrogen and oxygen atoms in total. The second-order valence-electron chi connectivity index (χ2n) is 5.85. The molecule has 0 fully saturated rings. The number of nitrogens with two attached hydrogens (primary N) is 1. The Labute approximate surface area is 127 Å². The van der Waals surface area contributed by atoms with Gasteiger partial charge in [-0.15, -0.1) is 0 Å². The van der Waals surface area contributed by atoms with Gasteiger partial charge in [0.05, 0.1) is 0 Å². The average molecular weight is 284 g/mol. The second kappa shape index (κ2) is 6.27. The van der Waals surface area contributed by atoms with E-state index >= 15 is 0 Å². The molecule has 21 heavy (non-hydrogen) atoms. The van der Waals surface area contributed by atoms with Gasteiger partial charge in [-0.1, -0.05) is 26.0 Å². The highest BCUT2D eigenvalue weighted by Crippen LogP contribution is 2.31. The topological polar surface area (TPSA) is 48.1 Å². The van der Waals surface area contributed by atoms with Gasteiger partial charge in [0.1, 0.15) is 5.75 Å². The Morgan fingerprint density at radius 2 is 1.76 bits per heavy atom. The van der Waals surface area contributed by atoms with E-state index in [1.165, 1.54) is 5.56 Å². The molecular weight excluding hydrogens is 260 g/mol. The van der Waals surface area contributed by atoms with Crippen LogP contribution >= 0.6 is 0 Å². The van der Waals surface area contributed by atoms with Crippen molar-refractivity contribution in [2.24, 2.45) is 5.73 Å². The molecule has 3 heteroatoms. The Bertz CT molecular complexity index is 648. The number of hydrogen-bond donors (Lipinski definition) is 1. The molecule has 2 rings (SSSR count). The van der Waals surface area contributed by atoms with E-state index in [4.69, 9.17) is 10.5 Å². The SMILES string of the molecule is Cc1ccc(C)c(Oc2cc(CN)cc(C(C)C)n2)c1C. The molecule has 0 unspecified atom stereocenters. The number of aryl methyl sites for hydroxylation is 2. The minimum Gasteiger partial charge on any atom is -0.438 e.